The van der Waals surface area contributed by atoms with E-state index in [0.29, 0.717) is 43.4 Å². The van der Waals surface area contributed by atoms with Gasteiger partial charge in [-0.2, -0.15) is 0 Å². The highest BCUT2D eigenvalue weighted by molar-refractivity contribution is 7.89. The number of ether oxygens (including phenoxy) is 2. The first-order valence-corrected chi connectivity index (χ1v) is 10.8. The smallest absolute Gasteiger partial charge is 0.248 e. The molecule has 2 N–H and O–H groups in total. The molecule has 0 saturated carbocycles. The first kappa shape index (κ1) is 21.8. The molecule has 10 heteroatoms. The maximum atomic E-state index is 12.5. The van der Waals surface area contributed by atoms with Gasteiger partial charge in [0.15, 0.2) is 5.82 Å². The Kier molecular flexibility index (Phi) is 7.03. The van der Waals surface area contributed by atoms with Crippen LogP contribution < -0.4 is 19.7 Å². The first-order valence-electron chi connectivity index (χ1n) is 9.33. The van der Waals surface area contributed by atoms with Crippen LogP contribution in [-0.2, 0) is 19.6 Å². The van der Waals surface area contributed by atoms with Crippen molar-refractivity contribution in [2.75, 3.05) is 50.7 Å². The third kappa shape index (κ3) is 5.15. The summed E-state index contributed by atoms with van der Waals surface area (Å²) in [5.74, 6) is 0.553. The summed E-state index contributed by atoms with van der Waals surface area (Å²) in [5, 5.41) is 2.83. The second kappa shape index (κ2) is 9.70. The molecule has 0 spiro atoms. The molecule has 160 valence electrons. The minimum absolute atomic E-state index is 0.00285. The Balaban J connectivity index is 1.77. The highest BCUT2D eigenvalue weighted by Crippen LogP contribution is 2.26. The molecule has 1 amide bonds. The van der Waals surface area contributed by atoms with E-state index >= 15 is 0 Å². The van der Waals surface area contributed by atoms with E-state index in [1.165, 1.54) is 32.4 Å². The molecule has 1 saturated heterocycles. The second-order valence-corrected chi connectivity index (χ2v) is 8.27. The summed E-state index contributed by atoms with van der Waals surface area (Å²) in [5.41, 5.74) is 1.14. The summed E-state index contributed by atoms with van der Waals surface area (Å²) in [4.78, 5) is 18.9. The van der Waals surface area contributed by atoms with E-state index in [1.54, 1.807) is 30.5 Å². The third-order valence-electron chi connectivity index (χ3n) is 4.53. The van der Waals surface area contributed by atoms with Gasteiger partial charge in [0.05, 0.1) is 26.0 Å². The maximum absolute atomic E-state index is 12.5. The number of rotatable bonds is 7. The van der Waals surface area contributed by atoms with Crippen molar-refractivity contribution in [3.8, 4) is 5.75 Å². The van der Waals surface area contributed by atoms with Gasteiger partial charge in [0.1, 0.15) is 10.6 Å². The molecule has 1 aromatic carbocycles. The lowest BCUT2D eigenvalue weighted by atomic mass is 10.2. The van der Waals surface area contributed by atoms with E-state index < -0.39 is 10.0 Å². The van der Waals surface area contributed by atoms with Crippen LogP contribution in [0, 0.1) is 0 Å². The summed E-state index contributed by atoms with van der Waals surface area (Å²) in [7, 11) is -0.982. The topological polar surface area (TPSA) is 110 Å². The number of carbonyl (C=O) groups is 1. The number of morpholine rings is 1. The zero-order valence-corrected chi connectivity index (χ0v) is 17.6. The summed E-state index contributed by atoms with van der Waals surface area (Å²) in [6.07, 6.45) is 4.55. The Labute approximate surface area is 175 Å². The van der Waals surface area contributed by atoms with Gasteiger partial charge in [-0.25, -0.2) is 18.1 Å². The maximum Gasteiger partial charge on any atom is 0.248 e. The summed E-state index contributed by atoms with van der Waals surface area (Å²) >= 11 is 0. The van der Waals surface area contributed by atoms with E-state index in [4.69, 9.17) is 9.47 Å². The van der Waals surface area contributed by atoms with E-state index in [0.717, 1.165) is 0 Å². The number of hydrogen-bond donors (Lipinski definition) is 2. The number of aromatic nitrogens is 1. The Morgan fingerprint density at radius 1 is 1.27 bits per heavy atom. The standard InChI is InChI=1S/C20H24N4O5S/c1-21-30(26,27)18-14-15(5-7-17(18)28-2)6-8-19(25)23-16-4-3-9-22-20(16)24-10-12-29-13-11-24/h3-9,14,21H,10-13H2,1-2H3,(H,23,25)/b8-6+. The van der Waals surface area contributed by atoms with Crippen molar-refractivity contribution in [3.05, 3.63) is 48.2 Å². The summed E-state index contributed by atoms with van der Waals surface area (Å²) < 4.78 is 37.1. The van der Waals surface area contributed by atoms with Gasteiger partial charge in [0, 0.05) is 25.4 Å². The van der Waals surface area contributed by atoms with Crippen LogP contribution in [0.5, 0.6) is 5.75 Å². The van der Waals surface area contributed by atoms with Gasteiger partial charge in [-0.1, -0.05) is 6.07 Å². The van der Waals surface area contributed by atoms with Gasteiger partial charge >= 0.3 is 0 Å². The fourth-order valence-corrected chi connectivity index (χ4v) is 3.91. The van der Waals surface area contributed by atoms with Crippen LogP contribution in [0.25, 0.3) is 6.08 Å². The van der Waals surface area contributed by atoms with Crippen molar-refractivity contribution in [3.63, 3.8) is 0 Å². The van der Waals surface area contributed by atoms with E-state index in [-0.39, 0.29) is 16.6 Å². The predicted octanol–water partition coefficient (Wildman–Crippen LogP) is 1.49. The third-order valence-corrected chi connectivity index (χ3v) is 5.96. The molecule has 9 nitrogen and oxygen atoms in total. The van der Waals surface area contributed by atoms with E-state index in [1.807, 2.05) is 0 Å². The average molecular weight is 433 g/mol. The van der Waals surface area contributed by atoms with Gasteiger partial charge in [0.25, 0.3) is 0 Å². The highest BCUT2D eigenvalue weighted by Gasteiger charge is 2.18. The Morgan fingerprint density at radius 3 is 2.73 bits per heavy atom. The summed E-state index contributed by atoms with van der Waals surface area (Å²) in [6.45, 7) is 2.62. The van der Waals surface area contributed by atoms with Crippen LogP contribution in [0.3, 0.4) is 0 Å². The fraction of sp³-hybridized carbons (Fsp3) is 0.300. The quantitative estimate of drug-likeness (QED) is 0.638. The lowest BCUT2D eigenvalue weighted by molar-refractivity contribution is -0.111. The van der Waals surface area contributed by atoms with Crippen LogP contribution in [0.15, 0.2) is 47.5 Å². The lowest BCUT2D eigenvalue weighted by Gasteiger charge is -2.29. The van der Waals surface area contributed by atoms with Crippen molar-refractivity contribution < 1.29 is 22.7 Å². The lowest BCUT2D eigenvalue weighted by Crippen LogP contribution is -2.37. The van der Waals surface area contributed by atoms with E-state index in [9.17, 15) is 13.2 Å². The molecule has 0 radical (unpaired) electrons. The molecule has 1 fully saturated rings. The number of pyridine rings is 1. The van der Waals surface area contributed by atoms with Gasteiger partial charge in [0.2, 0.25) is 15.9 Å². The van der Waals surface area contributed by atoms with Crippen LogP contribution in [0.1, 0.15) is 5.56 Å². The number of amides is 1. The minimum Gasteiger partial charge on any atom is -0.495 e. The fourth-order valence-electron chi connectivity index (χ4n) is 2.98. The molecule has 0 bridgehead atoms. The molecule has 0 unspecified atom stereocenters. The molecule has 1 aliphatic heterocycles. The van der Waals surface area contributed by atoms with Gasteiger partial charge in [-0.3, -0.25) is 4.79 Å². The van der Waals surface area contributed by atoms with Crippen molar-refractivity contribution in [2.24, 2.45) is 0 Å². The molecule has 1 aliphatic rings. The summed E-state index contributed by atoms with van der Waals surface area (Å²) in [6, 6.07) is 8.19. The molecule has 1 aromatic heterocycles. The van der Waals surface area contributed by atoms with Crippen molar-refractivity contribution in [1.29, 1.82) is 0 Å². The predicted molar refractivity (Wildman–Crippen MR) is 114 cm³/mol. The molecule has 30 heavy (non-hydrogen) atoms. The number of hydrogen-bond acceptors (Lipinski definition) is 7. The van der Waals surface area contributed by atoms with Crippen LogP contribution in [-0.4, -0.2) is 59.8 Å². The number of nitrogens with one attached hydrogen (secondary N) is 2. The number of methoxy groups -OCH3 is 1. The van der Waals surface area contributed by atoms with Crippen molar-refractivity contribution in [2.45, 2.75) is 4.90 Å². The number of sulfonamides is 1. The van der Waals surface area contributed by atoms with Gasteiger partial charge in [-0.05, 0) is 43.0 Å². The zero-order chi connectivity index (χ0) is 21.6. The largest absolute Gasteiger partial charge is 0.495 e. The number of nitrogens with zero attached hydrogens (tertiary/aromatic N) is 2. The molecule has 2 aromatic rings. The molecule has 0 aliphatic carbocycles. The van der Waals surface area contributed by atoms with Crippen LogP contribution in [0.4, 0.5) is 11.5 Å². The highest BCUT2D eigenvalue weighted by atomic mass is 32.2. The van der Waals surface area contributed by atoms with Gasteiger partial charge < -0.3 is 19.7 Å². The minimum atomic E-state index is -3.70. The van der Waals surface area contributed by atoms with Crippen LogP contribution >= 0.6 is 0 Å². The number of carbonyl (C=O) groups excluding carboxylic acids is 1. The number of benzene rings is 1. The SMILES string of the molecule is CNS(=O)(=O)c1cc(/C=C/C(=O)Nc2cccnc2N2CCOCC2)ccc1OC. The zero-order valence-electron chi connectivity index (χ0n) is 16.8. The molecular weight excluding hydrogens is 408 g/mol. The molecule has 2 heterocycles. The van der Waals surface area contributed by atoms with Crippen LogP contribution in [0.2, 0.25) is 0 Å². The van der Waals surface area contributed by atoms with E-state index in [2.05, 4.69) is 19.9 Å². The molecule has 3 rings (SSSR count). The normalized spacial score (nSPS) is 14.7. The first-order chi connectivity index (χ1) is 14.4. The van der Waals surface area contributed by atoms with Gasteiger partial charge in [-0.15, -0.1) is 0 Å². The Hall–Kier alpha value is -2.95. The monoisotopic (exact) mass is 432 g/mol. The Morgan fingerprint density at radius 2 is 2.03 bits per heavy atom. The average Bonchev–Trinajstić information content (AvgIpc) is 2.78. The Bertz CT molecular complexity index is 1030. The number of anilines is 2. The molecule has 0 atom stereocenters. The van der Waals surface area contributed by atoms with Crippen molar-refractivity contribution in [1.82, 2.24) is 9.71 Å². The molecular formula is C20H24N4O5S. The van der Waals surface area contributed by atoms with Crippen molar-refractivity contribution >= 4 is 33.5 Å². The second-order valence-electron chi connectivity index (χ2n) is 6.41.